The summed E-state index contributed by atoms with van der Waals surface area (Å²) in [6, 6.07) is 0.592. The largest absolute Gasteiger partial charge is 0.380 e. The number of hydrogen-bond donors (Lipinski definition) is 1. The van der Waals surface area contributed by atoms with Crippen molar-refractivity contribution in [2.24, 2.45) is 5.41 Å². The van der Waals surface area contributed by atoms with Gasteiger partial charge >= 0.3 is 0 Å². The maximum absolute atomic E-state index is 5.38. The molecule has 0 aromatic heterocycles. The summed E-state index contributed by atoms with van der Waals surface area (Å²) in [4.78, 5) is 2.52. The Morgan fingerprint density at radius 1 is 1.44 bits per heavy atom. The van der Waals surface area contributed by atoms with Crippen molar-refractivity contribution in [1.82, 2.24) is 10.2 Å². The van der Waals surface area contributed by atoms with E-state index in [0.29, 0.717) is 17.6 Å². The highest BCUT2D eigenvalue weighted by Gasteiger charge is 2.26. The molecule has 16 heavy (non-hydrogen) atoms. The molecule has 3 nitrogen and oxygen atoms in total. The van der Waals surface area contributed by atoms with Crippen LogP contribution in [0.4, 0.5) is 0 Å². The highest BCUT2D eigenvalue weighted by Crippen LogP contribution is 2.22. The van der Waals surface area contributed by atoms with E-state index in [1.165, 1.54) is 25.9 Å². The summed E-state index contributed by atoms with van der Waals surface area (Å²) in [5.74, 6) is 0. The molecule has 1 N–H and O–H groups in total. The molecule has 3 heteroatoms. The first kappa shape index (κ1) is 13.9. The van der Waals surface area contributed by atoms with Gasteiger partial charge in [-0.2, -0.15) is 0 Å². The summed E-state index contributed by atoms with van der Waals surface area (Å²) in [7, 11) is 3.89. The fraction of sp³-hybridized carbons (Fsp3) is 1.00. The van der Waals surface area contributed by atoms with Crippen LogP contribution >= 0.6 is 0 Å². The Morgan fingerprint density at radius 2 is 2.12 bits per heavy atom. The van der Waals surface area contributed by atoms with Gasteiger partial charge in [0.25, 0.3) is 0 Å². The normalized spacial score (nSPS) is 24.9. The van der Waals surface area contributed by atoms with E-state index in [9.17, 15) is 0 Å². The Labute approximate surface area is 101 Å². The third kappa shape index (κ3) is 4.04. The molecule has 0 saturated carbocycles. The van der Waals surface area contributed by atoms with E-state index in [1.807, 2.05) is 7.11 Å². The number of methoxy groups -OCH3 is 1. The van der Waals surface area contributed by atoms with Crippen molar-refractivity contribution in [3.8, 4) is 0 Å². The number of ether oxygens (including phenoxy) is 1. The van der Waals surface area contributed by atoms with Crippen LogP contribution in [0.2, 0.25) is 0 Å². The van der Waals surface area contributed by atoms with Crippen LogP contribution in [-0.2, 0) is 4.74 Å². The zero-order valence-electron chi connectivity index (χ0n) is 11.5. The maximum Gasteiger partial charge on any atom is 0.0710 e. The molecule has 1 saturated heterocycles. The summed E-state index contributed by atoms with van der Waals surface area (Å²) in [5, 5.41) is 3.43. The minimum atomic E-state index is 0.342. The zero-order chi connectivity index (χ0) is 12.2. The Morgan fingerprint density at radius 3 is 2.56 bits per heavy atom. The van der Waals surface area contributed by atoms with Crippen LogP contribution in [0.5, 0.6) is 0 Å². The summed E-state index contributed by atoms with van der Waals surface area (Å²) in [6.45, 7) is 10.4. The first-order chi connectivity index (χ1) is 7.47. The van der Waals surface area contributed by atoms with Gasteiger partial charge in [-0.3, -0.25) is 0 Å². The van der Waals surface area contributed by atoms with Crippen molar-refractivity contribution in [2.75, 3.05) is 33.8 Å². The van der Waals surface area contributed by atoms with E-state index in [4.69, 9.17) is 4.74 Å². The third-order valence-corrected chi connectivity index (χ3v) is 3.69. The molecular weight excluding hydrogens is 200 g/mol. The molecule has 0 aromatic rings. The van der Waals surface area contributed by atoms with Crippen molar-refractivity contribution in [2.45, 2.75) is 45.8 Å². The molecule has 1 heterocycles. The molecule has 1 aliphatic heterocycles. The third-order valence-electron chi connectivity index (χ3n) is 3.69. The lowest BCUT2D eigenvalue weighted by molar-refractivity contribution is 0.106. The van der Waals surface area contributed by atoms with Gasteiger partial charge in [-0.05, 0) is 31.8 Å². The molecular formula is C13H28N2O. The minimum Gasteiger partial charge on any atom is -0.380 e. The Hall–Kier alpha value is -0.120. The Balaban J connectivity index is 2.28. The van der Waals surface area contributed by atoms with Crippen molar-refractivity contribution >= 4 is 0 Å². The van der Waals surface area contributed by atoms with Crippen molar-refractivity contribution in [1.29, 1.82) is 0 Å². The average Bonchev–Trinajstić information content (AvgIpc) is 2.64. The van der Waals surface area contributed by atoms with Gasteiger partial charge in [-0.15, -0.1) is 0 Å². The molecule has 1 aliphatic rings. The Kier molecular flexibility index (Phi) is 5.22. The first-order valence-electron chi connectivity index (χ1n) is 6.39. The molecule has 0 aliphatic carbocycles. The summed E-state index contributed by atoms with van der Waals surface area (Å²) >= 11 is 0. The standard InChI is InChI=1S/C13H28N2O/c1-13(2,3)12(14-4)7-9-15-8-6-11(10-15)16-5/h11-12,14H,6-10H2,1-5H3. The molecule has 0 radical (unpaired) electrons. The first-order valence-corrected chi connectivity index (χ1v) is 6.39. The van der Waals surface area contributed by atoms with Crippen LogP contribution in [0.25, 0.3) is 0 Å². The van der Waals surface area contributed by atoms with Gasteiger partial charge in [0.05, 0.1) is 6.10 Å². The quantitative estimate of drug-likeness (QED) is 0.775. The van der Waals surface area contributed by atoms with Crippen LogP contribution in [0, 0.1) is 5.41 Å². The number of nitrogens with zero attached hydrogens (tertiary/aromatic N) is 1. The van der Waals surface area contributed by atoms with E-state index in [-0.39, 0.29) is 0 Å². The summed E-state index contributed by atoms with van der Waals surface area (Å²) in [5.41, 5.74) is 0.342. The van der Waals surface area contributed by atoms with Crippen LogP contribution in [0.1, 0.15) is 33.6 Å². The zero-order valence-corrected chi connectivity index (χ0v) is 11.5. The maximum atomic E-state index is 5.38. The van der Waals surface area contributed by atoms with Crippen LogP contribution in [0.15, 0.2) is 0 Å². The fourth-order valence-electron chi connectivity index (χ4n) is 2.51. The predicted molar refractivity (Wildman–Crippen MR) is 68.8 cm³/mol. The number of rotatable bonds is 5. The summed E-state index contributed by atoms with van der Waals surface area (Å²) in [6.07, 6.45) is 2.87. The average molecular weight is 228 g/mol. The summed E-state index contributed by atoms with van der Waals surface area (Å²) < 4.78 is 5.38. The van der Waals surface area contributed by atoms with Crippen LogP contribution in [0.3, 0.4) is 0 Å². The molecule has 2 unspecified atom stereocenters. The van der Waals surface area contributed by atoms with Crippen LogP contribution in [-0.4, -0.2) is 50.8 Å². The van der Waals surface area contributed by atoms with Crippen LogP contribution < -0.4 is 5.32 Å². The van der Waals surface area contributed by atoms with Gasteiger partial charge in [0.2, 0.25) is 0 Å². The molecule has 1 rings (SSSR count). The lowest BCUT2D eigenvalue weighted by atomic mass is 9.85. The molecule has 2 atom stereocenters. The van der Waals surface area contributed by atoms with E-state index in [0.717, 1.165) is 6.54 Å². The minimum absolute atomic E-state index is 0.342. The highest BCUT2D eigenvalue weighted by atomic mass is 16.5. The van der Waals surface area contributed by atoms with E-state index in [1.54, 1.807) is 0 Å². The van der Waals surface area contributed by atoms with E-state index < -0.39 is 0 Å². The number of hydrogen-bond acceptors (Lipinski definition) is 3. The van der Waals surface area contributed by atoms with Gasteiger partial charge in [-0.1, -0.05) is 20.8 Å². The highest BCUT2D eigenvalue weighted by molar-refractivity contribution is 4.82. The lowest BCUT2D eigenvalue weighted by Gasteiger charge is -2.31. The van der Waals surface area contributed by atoms with Gasteiger partial charge in [-0.25, -0.2) is 0 Å². The van der Waals surface area contributed by atoms with Gasteiger partial charge < -0.3 is 15.0 Å². The van der Waals surface area contributed by atoms with E-state index in [2.05, 4.69) is 38.0 Å². The van der Waals surface area contributed by atoms with Gasteiger partial charge in [0.15, 0.2) is 0 Å². The molecule has 0 spiro atoms. The lowest BCUT2D eigenvalue weighted by Crippen LogP contribution is -2.40. The second-order valence-corrected chi connectivity index (χ2v) is 5.94. The van der Waals surface area contributed by atoms with Crippen molar-refractivity contribution < 1.29 is 4.74 Å². The SMILES string of the molecule is CNC(CCN1CCC(OC)C1)C(C)(C)C. The van der Waals surface area contributed by atoms with Gasteiger partial charge in [0.1, 0.15) is 0 Å². The number of nitrogens with one attached hydrogen (secondary N) is 1. The fourth-order valence-corrected chi connectivity index (χ4v) is 2.51. The van der Waals surface area contributed by atoms with Crippen molar-refractivity contribution in [3.05, 3.63) is 0 Å². The predicted octanol–water partition coefficient (Wildman–Crippen LogP) is 1.73. The van der Waals surface area contributed by atoms with Gasteiger partial charge in [0, 0.05) is 26.2 Å². The number of likely N-dealkylation sites (tertiary alicyclic amines) is 1. The molecule has 96 valence electrons. The smallest absolute Gasteiger partial charge is 0.0710 e. The monoisotopic (exact) mass is 228 g/mol. The molecule has 0 aromatic carbocycles. The van der Waals surface area contributed by atoms with E-state index >= 15 is 0 Å². The second kappa shape index (κ2) is 5.99. The van der Waals surface area contributed by atoms with Crippen molar-refractivity contribution in [3.63, 3.8) is 0 Å². The molecule has 0 amide bonds. The second-order valence-electron chi connectivity index (χ2n) is 5.94. The molecule has 0 bridgehead atoms. The Bertz CT molecular complexity index is 201. The molecule has 1 fully saturated rings. The topological polar surface area (TPSA) is 24.5 Å².